The Morgan fingerprint density at radius 2 is 2.15 bits per heavy atom. The van der Waals surface area contributed by atoms with Crippen molar-refractivity contribution in [2.45, 2.75) is 26.3 Å². The fourth-order valence-electron chi connectivity index (χ4n) is 2.55. The monoisotopic (exact) mass is 273 g/mol. The normalized spacial score (nSPS) is 16.6. The lowest BCUT2D eigenvalue weighted by molar-refractivity contribution is 0.173. The second kappa shape index (κ2) is 5.53. The molecule has 2 aromatic rings. The van der Waals surface area contributed by atoms with Crippen LogP contribution in [0.4, 0.5) is 4.79 Å². The lowest BCUT2D eigenvalue weighted by Crippen LogP contribution is -2.43. The standard InChI is InChI=1S/C15H19N3O2/c1-11-6-8-18(9-7-11)15(19)16-10-13-12-4-2-3-5-14(12)20-17-13/h2-5,11H,6-10H2,1H3,(H,16,19). The minimum atomic E-state index is -0.0102. The van der Waals surface area contributed by atoms with Gasteiger partial charge < -0.3 is 14.7 Å². The number of amides is 2. The largest absolute Gasteiger partial charge is 0.356 e. The zero-order valence-electron chi connectivity index (χ0n) is 11.6. The van der Waals surface area contributed by atoms with Crippen molar-refractivity contribution < 1.29 is 9.32 Å². The maximum absolute atomic E-state index is 12.1. The van der Waals surface area contributed by atoms with E-state index in [0.29, 0.717) is 6.54 Å². The highest BCUT2D eigenvalue weighted by Gasteiger charge is 2.20. The summed E-state index contributed by atoms with van der Waals surface area (Å²) < 4.78 is 5.23. The topological polar surface area (TPSA) is 58.4 Å². The number of benzene rings is 1. The van der Waals surface area contributed by atoms with Crippen LogP contribution in [0.2, 0.25) is 0 Å². The van der Waals surface area contributed by atoms with E-state index in [0.717, 1.165) is 48.5 Å². The van der Waals surface area contributed by atoms with Crippen molar-refractivity contribution in [3.63, 3.8) is 0 Å². The van der Waals surface area contributed by atoms with Gasteiger partial charge in [0, 0.05) is 18.5 Å². The first-order valence-electron chi connectivity index (χ1n) is 7.10. The van der Waals surface area contributed by atoms with Crippen LogP contribution < -0.4 is 5.32 Å². The molecule has 0 bridgehead atoms. The number of carbonyl (C=O) groups is 1. The van der Waals surface area contributed by atoms with E-state index < -0.39 is 0 Å². The quantitative estimate of drug-likeness (QED) is 0.915. The van der Waals surface area contributed by atoms with Crippen molar-refractivity contribution in [2.75, 3.05) is 13.1 Å². The maximum Gasteiger partial charge on any atom is 0.317 e. The molecule has 5 nitrogen and oxygen atoms in total. The van der Waals surface area contributed by atoms with Gasteiger partial charge >= 0.3 is 6.03 Å². The van der Waals surface area contributed by atoms with E-state index in [1.807, 2.05) is 29.2 Å². The van der Waals surface area contributed by atoms with E-state index in [9.17, 15) is 4.79 Å². The molecular weight excluding hydrogens is 254 g/mol. The van der Waals surface area contributed by atoms with E-state index in [-0.39, 0.29) is 6.03 Å². The van der Waals surface area contributed by atoms with E-state index in [4.69, 9.17) is 4.52 Å². The Morgan fingerprint density at radius 1 is 1.40 bits per heavy atom. The minimum Gasteiger partial charge on any atom is -0.356 e. The van der Waals surface area contributed by atoms with Gasteiger partial charge in [-0.2, -0.15) is 0 Å². The van der Waals surface area contributed by atoms with Gasteiger partial charge in [0.15, 0.2) is 5.58 Å². The van der Waals surface area contributed by atoms with E-state index in [1.54, 1.807) is 0 Å². The van der Waals surface area contributed by atoms with Gasteiger partial charge in [0.2, 0.25) is 0 Å². The number of nitrogens with one attached hydrogen (secondary N) is 1. The number of urea groups is 1. The van der Waals surface area contributed by atoms with Gasteiger partial charge in [-0.3, -0.25) is 0 Å². The molecule has 0 aliphatic carbocycles. The third kappa shape index (κ3) is 2.61. The summed E-state index contributed by atoms with van der Waals surface area (Å²) in [5.74, 6) is 0.721. The summed E-state index contributed by atoms with van der Waals surface area (Å²) in [7, 11) is 0. The lowest BCUT2D eigenvalue weighted by Gasteiger charge is -2.30. The molecule has 5 heteroatoms. The first-order chi connectivity index (χ1) is 9.74. The van der Waals surface area contributed by atoms with Gasteiger partial charge in [0.1, 0.15) is 5.69 Å². The first kappa shape index (κ1) is 13.0. The molecule has 0 saturated carbocycles. The average Bonchev–Trinajstić information content (AvgIpc) is 2.89. The number of hydrogen-bond donors (Lipinski definition) is 1. The molecule has 106 valence electrons. The predicted octanol–water partition coefficient (Wildman–Crippen LogP) is 2.77. The van der Waals surface area contributed by atoms with Gasteiger partial charge in [-0.05, 0) is 30.9 Å². The molecule has 1 N–H and O–H groups in total. The van der Waals surface area contributed by atoms with E-state index >= 15 is 0 Å². The summed E-state index contributed by atoms with van der Waals surface area (Å²) in [6.45, 7) is 4.32. The van der Waals surface area contributed by atoms with Crippen LogP contribution in [-0.2, 0) is 6.54 Å². The first-order valence-corrected chi connectivity index (χ1v) is 7.10. The van der Waals surface area contributed by atoms with Gasteiger partial charge in [0.05, 0.1) is 6.54 Å². The third-order valence-corrected chi connectivity index (χ3v) is 3.93. The number of nitrogens with zero attached hydrogens (tertiary/aromatic N) is 2. The Balaban J connectivity index is 1.60. The maximum atomic E-state index is 12.1. The number of aromatic nitrogens is 1. The predicted molar refractivity (Wildman–Crippen MR) is 76.2 cm³/mol. The second-order valence-corrected chi connectivity index (χ2v) is 5.45. The summed E-state index contributed by atoms with van der Waals surface area (Å²) in [6, 6.07) is 7.67. The Hall–Kier alpha value is -2.04. The molecule has 2 amide bonds. The van der Waals surface area contributed by atoms with Crippen LogP contribution in [0.25, 0.3) is 11.0 Å². The highest BCUT2D eigenvalue weighted by Crippen LogP contribution is 2.18. The molecule has 1 fully saturated rings. The number of carbonyl (C=O) groups excluding carboxylic acids is 1. The summed E-state index contributed by atoms with van der Waals surface area (Å²) in [4.78, 5) is 14.0. The molecule has 1 aliphatic rings. The molecule has 1 saturated heterocycles. The van der Waals surface area contributed by atoms with Gasteiger partial charge in [0.25, 0.3) is 0 Å². The molecular formula is C15H19N3O2. The van der Waals surface area contributed by atoms with Crippen LogP contribution in [0.3, 0.4) is 0 Å². The molecule has 1 aromatic heterocycles. The molecule has 0 spiro atoms. The number of fused-ring (bicyclic) bond motifs is 1. The summed E-state index contributed by atoms with van der Waals surface area (Å²) in [5.41, 5.74) is 1.53. The number of rotatable bonds is 2. The number of likely N-dealkylation sites (tertiary alicyclic amines) is 1. The Morgan fingerprint density at radius 3 is 2.95 bits per heavy atom. The van der Waals surface area contributed by atoms with Crippen molar-refractivity contribution in [1.29, 1.82) is 0 Å². The third-order valence-electron chi connectivity index (χ3n) is 3.93. The Kier molecular flexibility index (Phi) is 3.58. The molecule has 0 atom stereocenters. The van der Waals surface area contributed by atoms with Gasteiger partial charge in [-0.15, -0.1) is 0 Å². The van der Waals surface area contributed by atoms with Crippen LogP contribution in [0.15, 0.2) is 28.8 Å². The second-order valence-electron chi connectivity index (χ2n) is 5.45. The number of piperidine rings is 1. The van der Waals surface area contributed by atoms with Crippen molar-refractivity contribution in [3.8, 4) is 0 Å². The van der Waals surface area contributed by atoms with Crippen molar-refractivity contribution in [1.82, 2.24) is 15.4 Å². The van der Waals surface area contributed by atoms with Crippen molar-refractivity contribution in [2.24, 2.45) is 5.92 Å². The van der Waals surface area contributed by atoms with Gasteiger partial charge in [-0.25, -0.2) is 4.79 Å². The average molecular weight is 273 g/mol. The van der Waals surface area contributed by atoms with Crippen LogP contribution in [0, 0.1) is 5.92 Å². The molecule has 3 rings (SSSR count). The zero-order valence-corrected chi connectivity index (χ0v) is 11.6. The summed E-state index contributed by atoms with van der Waals surface area (Å²) in [5, 5.41) is 7.90. The van der Waals surface area contributed by atoms with E-state index in [1.165, 1.54) is 0 Å². The number of hydrogen-bond acceptors (Lipinski definition) is 3. The van der Waals surface area contributed by atoms with Crippen molar-refractivity contribution in [3.05, 3.63) is 30.0 Å². The van der Waals surface area contributed by atoms with Crippen LogP contribution >= 0.6 is 0 Å². The van der Waals surface area contributed by atoms with Crippen LogP contribution in [-0.4, -0.2) is 29.2 Å². The summed E-state index contributed by atoms with van der Waals surface area (Å²) in [6.07, 6.45) is 2.17. The van der Waals surface area contributed by atoms with E-state index in [2.05, 4.69) is 17.4 Å². The smallest absolute Gasteiger partial charge is 0.317 e. The Bertz CT molecular complexity index is 600. The zero-order chi connectivity index (χ0) is 13.9. The highest BCUT2D eigenvalue weighted by molar-refractivity contribution is 5.80. The fourth-order valence-corrected chi connectivity index (χ4v) is 2.55. The molecule has 1 aliphatic heterocycles. The summed E-state index contributed by atoms with van der Waals surface area (Å²) >= 11 is 0. The van der Waals surface area contributed by atoms with Crippen molar-refractivity contribution >= 4 is 17.0 Å². The Labute approximate surface area is 117 Å². The highest BCUT2D eigenvalue weighted by atomic mass is 16.5. The minimum absolute atomic E-state index is 0.0102. The lowest BCUT2D eigenvalue weighted by atomic mass is 10.00. The van der Waals surface area contributed by atoms with Gasteiger partial charge in [-0.1, -0.05) is 24.2 Å². The molecule has 20 heavy (non-hydrogen) atoms. The molecule has 2 heterocycles. The molecule has 1 aromatic carbocycles. The van der Waals surface area contributed by atoms with Crippen LogP contribution in [0.1, 0.15) is 25.5 Å². The molecule has 0 unspecified atom stereocenters. The molecule has 0 radical (unpaired) electrons. The number of para-hydroxylation sites is 1. The SMILES string of the molecule is CC1CCN(C(=O)NCc2noc3ccccc23)CC1. The fraction of sp³-hybridized carbons (Fsp3) is 0.467. The van der Waals surface area contributed by atoms with Crippen LogP contribution in [0.5, 0.6) is 0 Å².